The van der Waals surface area contributed by atoms with Gasteiger partial charge in [-0.15, -0.1) is 5.10 Å². The summed E-state index contributed by atoms with van der Waals surface area (Å²) in [4.78, 5) is 11.0. The maximum absolute atomic E-state index is 11.0. The van der Waals surface area contributed by atoms with Crippen molar-refractivity contribution >= 4 is 17.6 Å². The van der Waals surface area contributed by atoms with Crippen LogP contribution in [0, 0.1) is 0 Å². The van der Waals surface area contributed by atoms with Crippen molar-refractivity contribution in [1.29, 1.82) is 0 Å². The average Bonchev–Trinajstić information content (AvgIpc) is 2.72. The maximum atomic E-state index is 11.0. The summed E-state index contributed by atoms with van der Waals surface area (Å²) in [5.41, 5.74) is 0.664. The van der Waals surface area contributed by atoms with Gasteiger partial charge in [-0.1, -0.05) is 16.8 Å². The Morgan fingerprint density at radius 2 is 2.33 bits per heavy atom. The number of ether oxygens (including phenoxy) is 1. The second-order valence-corrected chi connectivity index (χ2v) is 4.05. The lowest BCUT2D eigenvalue weighted by molar-refractivity contribution is 0.0691. The van der Waals surface area contributed by atoms with E-state index in [0.29, 0.717) is 10.7 Å². The van der Waals surface area contributed by atoms with Crippen molar-refractivity contribution in [3.63, 3.8) is 0 Å². The van der Waals surface area contributed by atoms with E-state index in [-0.39, 0.29) is 17.9 Å². The van der Waals surface area contributed by atoms with E-state index in [1.807, 2.05) is 0 Å². The normalized spacial score (nSPS) is 10.3. The van der Waals surface area contributed by atoms with Gasteiger partial charge in [0.05, 0.1) is 6.20 Å². The van der Waals surface area contributed by atoms with E-state index in [4.69, 9.17) is 21.4 Å². The Morgan fingerprint density at radius 1 is 1.56 bits per heavy atom. The van der Waals surface area contributed by atoms with Crippen molar-refractivity contribution in [3.8, 4) is 5.75 Å². The third kappa shape index (κ3) is 2.78. The van der Waals surface area contributed by atoms with Crippen molar-refractivity contribution in [3.05, 3.63) is 40.7 Å². The van der Waals surface area contributed by atoms with Gasteiger partial charge in [0.15, 0.2) is 0 Å². The fraction of sp³-hybridized carbons (Fsp3) is 0.182. The second kappa shape index (κ2) is 5.05. The minimum absolute atomic E-state index is 0.0586. The van der Waals surface area contributed by atoms with Crippen molar-refractivity contribution in [2.75, 3.05) is 0 Å². The molecule has 0 spiro atoms. The summed E-state index contributed by atoms with van der Waals surface area (Å²) in [5, 5.41) is 17.0. The number of hydrogen-bond donors (Lipinski definition) is 1. The van der Waals surface area contributed by atoms with Gasteiger partial charge in [0.2, 0.25) is 0 Å². The van der Waals surface area contributed by atoms with Gasteiger partial charge in [-0.2, -0.15) is 0 Å². The van der Waals surface area contributed by atoms with Gasteiger partial charge in [-0.3, -0.25) is 4.68 Å². The van der Waals surface area contributed by atoms with Crippen LogP contribution in [0.15, 0.2) is 24.4 Å². The van der Waals surface area contributed by atoms with Crippen LogP contribution < -0.4 is 4.74 Å². The molecule has 1 heterocycles. The largest absolute Gasteiger partial charge is 0.486 e. The van der Waals surface area contributed by atoms with Gasteiger partial charge in [0, 0.05) is 12.1 Å². The van der Waals surface area contributed by atoms with E-state index in [9.17, 15) is 4.79 Å². The first kappa shape index (κ1) is 12.4. The van der Waals surface area contributed by atoms with E-state index in [1.54, 1.807) is 13.2 Å². The van der Waals surface area contributed by atoms with Crippen LogP contribution in [0.2, 0.25) is 5.02 Å². The van der Waals surface area contributed by atoms with E-state index in [2.05, 4.69) is 10.3 Å². The highest BCUT2D eigenvalue weighted by Crippen LogP contribution is 2.24. The first-order chi connectivity index (χ1) is 8.56. The zero-order valence-corrected chi connectivity index (χ0v) is 10.3. The number of carboxylic acids is 1. The number of aromatic carboxylic acids is 1. The number of aryl methyl sites for hydroxylation is 1. The van der Waals surface area contributed by atoms with Crippen molar-refractivity contribution in [1.82, 2.24) is 15.0 Å². The van der Waals surface area contributed by atoms with Crippen LogP contribution >= 0.6 is 11.6 Å². The SMILES string of the molecule is Cn1cc(COc2cc(Cl)ccc2C(=O)O)nn1. The number of carbonyl (C=O) groups is 1. The molecular formula is C11H10ClN3O3. The Morgan fingerprint density at radius 3 is 2.94 bits per heavy atom. The molecule has 0 radical (unpaired) electrons. The number of rotatable bonds is 4. The highest BCUT2D eigenvalue weighted by atomic mass is 35.5. The van der Waals surface area contributed by atoms with Crippen LogP contribution in [0.1, 0.15) is 16.1 Å². The summed E-state index contributed by atoms with van der Waals surface area (Å²) in [6, 6.07) is 4.36. The predicted octanol–water partition coefficient (Wildman–Crippen LogP) is 1.75. The predicted molar refractivity (Wildman–Crippen MR) is 63.7 cm³/mol. The molecule has 18 heavy (non-hydrogen) atoms. The quantitative estimate of drug-likeness (QED) is 0.913. The maximum Gasteiger partial charge on any atom is 0.339 e. The van der Waals surface area contributed by atoms with E-state index >= 15 is 0 Å². The molecule has 0 saturated heterocycles. The fourth-order valence-electron chi connectivity index (χ4n) is 1.41. The molecule has 0 amide bonds. The molecule has 0 bridgehead atoms. The standard InChI is InChI=1S/C11H10ClN3O3/c1-15-5-8(13-14-15)6-18-10-4-7(12)2-3-9(10)11(16)17/h2-5H,6H2,1H3,(H,16,17). The molecular weight excluding hydrogens is 258 g/mol. The molecule has 7 heteroatoms. The molecule has 94 valence electrons. The minimum Gasteiger partial charge on any atom is -0.486 e. The lowest BCUT2D eigenvalue weighted by Crippen LogP contribution is -2.03. The molecule has 0 atom stereocenters. The number of nitrogens with zero attached hydrogens (tertiary/aromatic N) is 3. The second-order valence-electron chi connectivity index (χ2n) is 3.62. The molecule has 0 aliphatic carbocycles. The molecule has 0 saturated carbocycles. The molecule has 0 fully saturated rings. The van der Waals surface area contributed by atoms with Gasteiger partial charge in [-0.25, -0.2) is 4.79 Å². The fourth-order valence-corrected chi connectivity index (χ4v) is 1.57. The molecule has 0 unspecified atom stereocenters. The van der Waals surface area contributed by atoms with E-state index in [0.717, 1.165) is 0 Å². The van der Waals surface area contributed by atoms with Gasteiger partial charge >= 0.3 is 5.97 Å². The minimum atomic E-state index is -1.07. The molecule has 0 aliphatic rings. The first-order valence-corrected chi connectivity index (χ1v) is 5.45. The summed E-state index contributed by atoms with van der Waals surface area (Å²) in [6.45, 7) is 0.133. The summed E-state index contributed by atoms with van der Waals surface area (Å²) in [7, 11) is 1.73. The Kier molecular flexibility index (Phi) is 3.47. The Bertz CT molecular complexity index is 583. The van der Waals surface area contributed by atoms with E-state index in [1.165, 1.54) is 22.9 Å². The topological polar surface area (TPSA) is 77.2 Å². The van der Waals surface area contributed by atoms with Crippen LogP contribution in [0.5, 0.6) is 5.75 Å². The highest BCUT2D eigenvalue weighted by Gasteiger charge is 2.12. The molecule has 2 rings (SSSR count). The van der Waals surface area contributed by atoms with Gasteiger partial charge < -0.3 is 9.84 Å². The van der Waals surface area contributed by atoms with Crippen LogP contribution in [-0.2, 0) is 13.7 Å². The van der Waals surface area contributed by atoms with Crippen LogP contribution in [0.25, 0.3) is 0 Å². The van der Waals surface area contributed by atoms with Crippen LogP contribution in [0.3, 0.4) is 0 Å². The van der Waals surface area contributed by atoms with Crippen LogP contribution in [-0.4, -0.2) is 26.1 Å². The van der Waals surface area contributed by atoms with Crippen LogP contribution in [0.4, 0.5) is 0 Å². The van der Waals surface area contributed by atoms with Gasteiger partial charge in [-0.05, 0) is 18.2 Å². The highest BCUT2D eigenvalue weighted by molar-refractivity contribution is 6.30. The molecule has 1 aromatic heterocycles. The number of hydrogen-bond acceptors (Lipinski definition) is 4. The number of halogens is 1. The smallest absolute Gasteiger partial charge is 0.339 e. The summed E-state index contributed by atoms with van der Waals surface area (Å²) < 4.78 is 6.93. The number of aromatic nitrogens is 3. The number of benzene rings is 1. The van der Waals surface area contributed by atoms with Gasteiger partial charge in [0.25, 0.3) is 0 Å². The Hall–Kier alpha value is -2.08. The summed E-state index contributed by atoms with van der Waals surface area (Å²) >= 11 is 5.80. The van der Waals surface area contributed by atoms with E-state index < -0.39 is 5.97 Å². The molecule has 2 aromatic rings. The number of carboxylic acid groups (broad SMARTS) is 1. The molecule has 1 aromatic carbocycles. The molecule has 1 N–H and O–H groups in total. The third-order valence-corrected chi connectivity index (χ3v) is 2.43. The lowest BCUT2D eigenvalue weighted by atomic mass is 10.2. The molecule has 6 nitrogen and oxygen atoms in total. The summed E-state index contributed by atoms with van der Waals surface area (Å²) in [5.74, 6) is -0.860. The van der Waals surface area contributed by atoms with Crippen molar-refractivity contribution < 1.29 is 14.6 Å². The zero-order chi connectivity index (χ0) is 13.1. The van der Waals surface area contributed by atoms with Crippen molar-refractivity contribution in [2.24, 2.45) is 7.05 Å². The molecule has 0 aliphatic heterocycles. The Labute approximate surface area is 108 Å². The summed E-state index contributed by atoms with van der Waals surface area (Å²) in [6.07, 6.45) is 1.69. The first-order valence-electron chi connectivity index (χ1n) is 5.07. The van der Waals surface area contributed by atoms with Crippen molar-refractivity contribution in [2.45, 2.75) is 6.61 Å². The van der Waals surface area contributed by atoms with Gasteiger partial charge in [0.1, 0.15) is 23.6 Å². The third-order valence-electron chi connectivity index (χ3n) is 2.20. The lowest BCUT2D eigenvalue weighted by Gasteiger charge is -2.07. The average molecular weight is 268 g/mol. The Balaban J connectivity index is 2.17. The zero-order valence-electron chi connectivity index (χ0n) is 9.50. The monoisotopic (exact) mass is 267 g/mol.